The summed E-state index contributed by atoms with van der Waals surface area (Å²) >= 11 is 0. The number of anilines is 2. The molecule has 1 aliphatic rings. The van der Waals surface area contributed by atoms with Gasteiger partial charge in [-0.1, -0.05) is 103 Å². The number of hydrogen-bond acceptors (Lipinski definition) is 1. The standard InChI is InChI=1S/C32H27N/c1-5-13-27(14-6-1)32(28-15-7-2-8-16-28)25-26-21-23-31(24-22-26)33(29-17-9-3-10-18-29)30-19-11-4-12-20-30/h1-11,13-19,21-25H,12,20H2. The molecular weight excluding hydrogens is 398 g/mol. The van der Waals surface area contributed by atoms with Gasteiger partial charge in [0.25, 0.3) is 0 Å². The van der Waals surface area contributed by atoms with Crippen molar-refractivity contribution in [1.82, 2.24) is 0 Å². The molecule has 0 radical (unpaired) electrons. The topological polar surface area (TPSA) is 3.24 Å². The van der Waals surface area contributed by atoms with Gasteiger partial charge < -0.3 is 4.90 Å². The van der Waals surface area contributed by atoms with Crippen molar-refractivity contribution in [3.05, 3.63) is 156 Å². The summed E-state index contributed by atoms with van der Waals surface area (Å²) in [6, 6.07) is 40.7. The Kier molecular flexibility index (Phi) is 6.31. The maximum Gasteiger partial charge on any atom is 0.0458 e. The maximum atomic E-state index is 2.37. The molecule has 1 heteroatoms. The second-order valence-electron chi connectivity index (χ2n) is 8.18. The Morgan fingerprint density at radius 2 is 1.15 bits per heavy atom. The van der Waals surface area contributed by atoms with Crippen molar-refractivity contribution in [3.8, 4) is 0 Å². The van der Waals surface area contributed by atoms with Crippen LogP contribution in [0.2, 0.25) is 0 Å². The van der Waals surface area contributed by atoms with Crippen molar-refractivity contribution < 1.29 is 0 Å². The summed E-state index contributed by atoms with van der Waals surface area (Å²) < 4.78 is 0. The summed E-state index contributed by atoms with van der Waals surface area (Å²) in [5.41, 5.74) is 8.55. The van der Waals surface area contributed by atoms with Gasteiger partial charge in [-0.05, 0) is 71.5 Å². The molecule has 160 valence electrons. The molecule has 0 saturated heterocycles. The molecule has 0 N–H and O–H groups in total. The fourth-order valence-corrected chi connectivity index (χ4v) is 4.29. The number of rotatable bonds is 6. The van der Waals surface area contributed by atoms with Crippen LogP contribution in [0.15, 0.2) is 139 Å². The molecule has 0 amide bonds. The average molecular weight is 426 g/mol. The van der Waals surface area contributed by atoms with Crippen LogP contribution in [-0.2, 0) is 0 Å². The van der Waals surface area contributed by atoms with Crippen LogP contribution in [-0.4, -0.2) is 0 Å². The first-order chi connectivity index (χ1) is 16.4. The van der Waals surface area contributed by atoms with Gasteiger partial charge in [-0.2, -0.15) is 0 Å². The molecule has 0 saturated carbocycles. The Labute approximate surface area is 196 Å². The number of para-hydroxylation sites is 1. The van der Waals surface area contributed by atoms with Crippen LogP contribution < -0.4 is 4.90 Å². The average Bonchev–Trinajstić information content (AvgIpc) is 2.91. The molecule has 0 aliphatic heterocycles. The van der Waals surface area contributed by atoms with Crippen molar-refractivity contribution in [2.24, 2.45) is 0 Å². The summed E-state index contributed by atoms with van der Waals surface area (Å²) in [4.78, 5) is 2.37. The van der Waals surface area contributed by atoms with E-state index in [1.165, 1.54) is 39.3 Å². The quantitative estimate of drug-likeness (QED) is 0.279. The highest BCUT2D eigenvalue weighted by molar-refractivity contribution is 5.91. The summed E-state index contributed by atoms with van der Waals surface area (Å²) in [6.45, 7) is 0. The Bertz CT molecular complexity index is 1220. The lowest BCUT2D eigenvalue weighted by molar-refractivity contribution is 0.917. The lowest BCUT2D eigenvalue weighted by Crippen LogP contribution is -2.17. The Morgan fingerprint density at radius 3 is 1.70 bits per heavy atom. The molecule has 0 fully saturated rings. The fraction of sp³-hybridized carbons (Fsp3) is 0.0625. The second kappa shape index (κ2) is 10.0. The molecule has 0 atom stereocenters. The summed E-state index contributed by atoms with van der Waals surface area (Å²) in [7, 11) is 0. The third kappa shape index (κ3) is 4.88. The Hall–Kier alpha value is -4.10. The SMILES string of the molecule is C1=CCCC(N(c2ccccc2)c2ccc(C=C(c3ccccc3)c3ccccc3)cc2)=C1. The molecule has 0 spiro atoms. The van der Waals surface area contributed by atoms with Crippen LogP contribution in [0.4, 0.5) is 11.4 Å². The molecule has 4 aromatic carbocycles. The largest absolute Gasteiger partial charge is 0.314 e. The number of allylic oxidation sites excluding steroid dienone is 4. The Balaban J connectivity index is 1.53. The summed E-state index contributed by atoms with van der Waals surface area (Å²) in [5.74, 6) is 0. The molecule has 1 nitrogen and oxygen atoms in total. The van der Waals surface area contributed by atoms with E-state index in [9.17, 15) is 0 Å². The zero-order chi connectivity index (χ0) is 22.3. The highest BCUT2D eigenvalue weighted by Gasteiger charge is 2.15. The predicted octanol–water partition coefficient (Wildman–Crippen LogP) is 8.65. The maximum absolute atomic E-state index is 2.37. The third-order valence-corrected chi connectivity index (χ3v) is 5.93. The van der Waals surface area contributed by atoms with Crippen molar-refractivity contribution in [3.63, 3.8) is 0 Å². The first-order valence-corrected chi connectivity index (χ1v) is 11.5. The van der Waals surface area contributed by atoms with Crippen LogP contribution in [0.1, 0.15) is 29.5 Å². The predicted molar refractivity (Wildman–Crippen MR) is 141 cm³/mol. The minimum Gasteiger partial charge on any atom is -0.314 e. The number of nitrogens with zero attached hydrogens (tertiary/aromatic N) is 1. The van der Waals surface area contributed by atoms with Gasteiger partial charge in [-0.3, -0.25) is 0 Å². The van der Waals surface area contributed by atoms with E-state index < -0.39 is 0 Å². The normalized spacial score (nSPS) is 12.7. The summed E-state index contributed by atoms with van der Waals surface area (Å²) in [5, 5.41) is 0. The summed E-state index contributed by atoms with van der Waals surface area (Å²) in [6.07, 6.45) is 11.0. The van der Waals surface area contributed by atoms with E-state index >= 15 is 0 Å². The Morgan fingerprint density at radius 1 is 0.606 bits per heavy atom. The first kappa shape index (κ1) is 20.8. The van der Waals surface area contributed by atoms with Gasteiger partial charge in [-0.25, -0.2) is 0 Å². The van der Waals surface area contributed by atoms with Gasteiger partial charge in [-0.15, -0.1) is 0 Å². The van der Waals surface area contributed by atoms with Crippen molar-refractivity contribution in [2.75, 3.05) is 4.90 Å². The van der Waals surface area contributed by atoms with Crippen molar-refractivity contribution >= 4 is 23.0 Å². The van der Waals surface area contributed by atoms with Crippen LogP contribution in [0.3, 0.4) is 0 Å². The fourth-order valence-electron chi connectivity index (χ4n) is 4.29. The third-order valence-electron chi connectivity index (χ3n) is 5.93. The molecule has 5 rings (SSSR count). The number of benzene rings is 4. The first-order valence-electron chi connectivity index (χ1n) is 11.5. The van der Waals surface area contributed by atoms with Crippen molar-refractivity contribution in [1.29, 1.82) is 0 Å². The molecule has 33 heavy (non-hydrogen) atoms. The van der Waals surface area contributed by atoms with Gasteiger partial charge in [0.15, 0.2) is 0 Å². The van der Waals surface area contributed by atoms with E-state index in [1.807, 2.05) is 0 Å². The monoisotopic (exact) mass is 425 g/mol. The molecule has 0 heterocycles. The minimum absolute atomic E-state index is 1.04. The van der Waals surface area contributed by atoms with Gasteiger partial charge in [0, 0.05) is 17.1 Å². The lowest BCUT2D eigenvalue weighted by Gasteiger charge is -2.29. The van der Waals surface area contributed by atoms with Gasteiger partial charge in [0.05, 0.1) is 0 Å². The highest BCUT2D eigenvalue weighted by Crippen LogP contribution is 2.34. The van der Waals surface area contributed by atoms with E-state index in [1.54, 1.807) is 0 Å². The molecule has 0 aromatic heterocycles. The minimum atomic E-state index is 1.04. The number of hydrogen-bond donors (Lipinski definition) is 0. The van der Waals surface area contributed by atoms with E-state index in [-0.39, 0.29) is 0 Å². The van der Waals surface area contributed by atoms with E-state index in [0.29, 0.717) is 0 Å². The van der Waals surface area contributed by atoms with Crippen molar-refractivity contribution in [2.45, 2.75) is 12.8 Å². The van der Waals surface area contributed by atoms with Crippen LogP contribution in [0.5, 0.6) is 0 Å². The zero-order valence-electron chi connectivity index (χ0n) is 18.6. The molecule has 1 aliphatic carbocycles. The lowest BCUT2D eigenvalue weighted by atomic mass is 9.95. The van der Waals surface area contributed by atoms with E-state index in [2.05, 4.69) is 144 Å². The molecule has 0 bridgehead atoms. The van der Waals surface area contributed by atoms with E-state index in [4.69, 9.17) is 0 Å². The highest BCUT2D eigenvalue weighted by atomic mass is 15.1. The second-order valence-corrected chi connectivity index (χ2v) is 8.18. The molecular formula is C32H27N. The van der Waals surface area contributed by atoms with E-state index in [0.717, 1.165) is 12.8 Å². The smallest absolute Gasteiger partial charge is 0.0458 e. The molecule has 4 aromatic rings. The van der Waals surface area contributed by atoms with Crippen LogP contribution >= 0.6 is 0 Å². The van der Waals surface area contributed by atoms with Crippen LogP contribution in [0.25, 0.3) is 11.6 Å². The zero-order valence-corrected chi connectivity index (χ0v) is 18.6. The molecule has 0 unspecified atom stereocenters. The van der Waals surface area contributed by atoms with Gasteiger partial charge in [0.1, 0.15) is 0 Å². The van der Waals surface area contributed by atoms with Gasteiger partial charge in [0.2, 0.25) is 0 Å². The van der Waals surface area contributed by atoms with Crippen LogP contribution in [0, 0.1) is 0 Å². The van der Waals surface area contributed by atoms with Gasteiger partial charge >= 0.3 is 0 Å².